The van der Waals surface area contributed by atoms with E-state index in [4.69, 9.17) is 11.6 Å². The Hall–Kier alpha value is -2.18. The number of anilines is 1. The van der Waals surface area contributed by atoms with Crippen LogP contribution in [0, 0.1) is 0 Å². The minimum atomic E-state index is -0.115. The number of halogens is 1. The zero-order valence-electron chi connectivity index (χ0n) is 16.0. The van der Waals surface area contributed by atoms with Crippen molar-refractivity contribution in [1.82, 2.24) is 24.6 Å². The van der Waals surface area contributed by atoms with Crippen molar-refractivity contribution in [1.29, 1.82) is 0 Å². The van der Waals surface area contributed by atoms with Gasteiger partial charge in [0.1, 0.15) is 12.1 Å². The van der Waals surface area contributed by atoms with Gasteiger partial charge < -0.3 is 5.32 Å². The molecule has 0 saturated carbocycles. The second-order valence-electron chi connectivity index (χ2n) is 8.02. The molecule has 0 aliphatic carbocycles. The molecule has 0 atom stereocenters. The topological polar surface area (TPSA) is 58.9 Å². The maximum Gasteiger partial charge on any atom is 0.163 e. The molecule has 1 aliphatic heterocycles. The number of aromatic nitrogens is 4. The number of nitrogens with zero attached hydrogens (tertiary/aromatic N) is 5. The lowest BCUT2D eigenvalue weighted by Crippen LogP contribution is -2.34. The van der Waals surface area contributed by atoms with E-state index >= 15 is 0 Å². The lowest BCUT2D eigenvalue weighted by atomic mass is 10.00. The van der Waals surface area contributed by atoms with Crippen LogP contribution in [0.2, 0.25) is 5.02 Å². The Morgan fingerprint density at radius 3 is 2.89 bits per heavy atom. The fourth-order valence-corrected chi connectivity index (χ4v) is 3.91. The number of fused-ring (bicyclic) bond motifs is 2. The first kappa shape index (κ1) is 18.2. The van der Waals surface area contributed by atoms with Gasteiger partial charge in [0.2, 0.25) is 0 Å². The predicted molar refractivity (Wildman–Crippen MR) is 109 cm³/mol. The van der Waals surface area contributed by atoms with E-state index in [1.807, 2.05) is 23.0 Å². The average molecular weight is 385 g/mol. The summed E-state index contributed by atoms with van der Waals surface area (Å²) < 4.78 is 1.94. The van der Waals surface area contributed by atoms with Gasteiger partial charge in [-0.3, -0.25) is 4.90 Å². The summed E-state index contributed by atoms with van der Waals surface area (Å²) in [6, 6.07) is 6.19. The summed E-state index contributed by atoms with van der Waals surface area (Å²) in [5, 5.41) is 9.83. The average Bonchev–Trinajstić information content (AvgIpc) is 3.07. The van der Waals surface area contributed by atoms with Gasteiger partial charge in [0.25, 0.3) is 0 Å². The van der Waals surface area contributed by atoms with Crippen molar-refractivity contribution in [3.8, 4) is 0 Å². The van der Waals surface area contributed by atoms with E-state index in [1.54, 1.807) is 6.33 Å². The van der Waals surface area contributed by atoms with Gasteiger partial charge >= 0.3 is 0 Å². The zero-order chi connectivity index (χ0) is 19.0. The number of hydrogen-bond acceptors (Lipinski definition) is 5. The molecule has 3 aromatic rings. The Morgan fingerprint density at radius 2 is 2.07 bits per heavy atom. The third-order valence-corrected chi connectivity index (χ3v) is 5.36. The molecule has 7 heteroatoms. The van der Waals surface area contributed by atoms with Crippen molar-refractivity contribution in [3.05, 3.63) is 46.9 Å². The highest BCUT2D eigenvalue weighted by molar-refractivity contribution is 6.31. The molecule has 0 bridgehead atoms. The Kier molecular flexibility index (Phi) is 4.78. The number of hydrogen-bond donors (Lipinski definition) is 1. The van der Waals surface area contributed by atoms with Gasteiger partial charge in [0, 0.05) is 31.2 Å². The number of rotatable bonds is 4. The largest absolute Gasteiger partial charge is 0.368 e. The number of nitrogens with one attached hydrogen (secondary N) is 1. The van der Waals surface area contributed by atoms with E-state index in [-0.39, 0.29) is 5.54 Å². The first-order valence-electron chi connectivity index (χ1n) is 9.35. The zero-order valence-corrected chi connectivity index (χ0v) is 16.8. The molecule has 0 amide bonds. The maximum atomic E-state index is 6.31. The normalized spacial score (nSPS) is 15.1. The lowest BCUT2D eigenvalue weighted by Gasteiger charge is -2.29. The molecule has 1 aliphatic rings. The first-order chi connectivity index (χ1) is 12.9. The second kappa shape index (κ2) is 7.09. The van der Waals surface area contributed by atoms with Crippen molar-refractivity contribution in [2.45, 2.75) is 39.3 Å². The highest BCUT2D eigenvalue weighted by Gasteiger charge is 2.20. The van der Waals surface area contributed by atoms with Crippen LogP contribution < -0.4 is 5.32 Å². The molecule has 2 aromatic heterocycles. The van der Waals surface area contributed by atoms with Gasteiger partial charge in [-0.1, -0.05) is 23.7 Å². The molecule has 0 spiro atoms. The molecule has 0 unspecified atom stereocenters. The van der Waals surface area contributed by atoms with E-state index in [1.165, 1.54) is 11.1 Å². The Balaban J connectivity index is 1.42. The molecule has 0 fully saturated rings. The van der Waals surface area contributed by atoms with Crippen molar-refractivity contribution in [2.24, 2.45) is 0 Å². The lowest BCUT2D eigenvalue weighted by molar-refractivity contribution is 0.264. The Morgan fingerprint density at radius 1 is 1.22 bits per heavy atom. The minimum absolute atomic E-state index is 0.115. The SMILES string of the molecule is CC(C)(C)n1ncc2c(NCCN3CCc4c(Cl)cccc4C3)ncnc21. The van der Waals surface area contributed by atoms with Gasteiger partial charge in [-0.05, 0) is 44.4 Å². The molecule has 142 valence electrons. The summed E-state index contributed by atoms with van der Waals surface area (Å²) in [6.45, 7) is 10.1. The van der Waals surface area contributed by atoms with Crippen molar-refractivity contribution >= 4 is 28.5 Å². The highest BCUT2D eigenvalue weighted by atomic mass is 35.5. The summed E-state index contributed by atoms with van der Waals surface area (Å²) in [6.07, 6.45) is 4.46. The standard InChI is InChI=1S/C20H25ClN6/c1-20(2,3)27-19-16(11-25-27)18(23-13-24-19)22-8-10-26-9-7-15-14(12-26)5-4-6-17(15)21/h4-6,11,13H,7-10,12H2,1-3H3,(H,22,23,24). The summed E-state index contributed by atoms with van der Waals surface area (Å²) in [5.41, 5.74) is 3.39. The van der Waals surface area contributed by atoms with Crippen molar-refractivity contribution < 1.29 is 0 Å². The van der Waals surface area contributed by atoms with Crippen LogP contribution in [-0.2, 0) is 18.5 Å². The molecule has 1 aromatic carbocycles. The van der Waals surface area contributed by atoms with Crippen LogP contribution in [-0.4, -0.2) is 44.3 Å². The maximum absolute atomic E-state index is 6.31. The van der Waals surface area contributed by atoms with Crippen LogP contribution >= 0.6 is 11.6 Å². The number of benzene rings is 1. The van der Waals surface area contributed by atoms with Gasteiger partial charge in [-0.25, -0.2) is 14.6 Å². The van der Waals surface area contributed by atoms with Crippen LogP contribution in [0.4, 0.5) is 5.82 Å². The second-order valence-corrected chi connectivity index (χ2v) is 8.42. The minimum Gasteiger partial charge on any atom is -0.368 e. The van der Waals surface area contributed by atoms with Gasteiger partial charge in [0.05, 0.1) is 17.1 Å². The summed E-state index contributed by atoms with van der Waals surface area (Å²) in [5.74, 6) is 0.843. The third kappa shape index (κ3) is 3.64. The van der Waals surface area contributed by atoms with E-state index in [9.17, 15) is 0 Å². The van der Waals surface area contributed by atoms with Gasteiger partial charge in [0.15, 0.2) is 5.65 Å². The van der Waals surface area contributed by atoms with Crippen molar-refractivity contribution in [2.75, 3.05) is 25.0 Å². The smallest absolute Gasteiger partial charge is 0.163 e. The van der Waals surface area contributed by atoms with Crippen LogP contribution in [0.25, 0.3) is 11.0 Å². The molecular weight excluding hydrogens is 360 g/mol. The van der Waals surface area contributed by atoms with Crippen LogP contribution in [0.1, 0.15) is 31.9 Å². The van der Waals surface area contributed by atoms with E-state index in [0.29, 0.717) is 0 Å². The van der Waals surface area contributed by atoms with E-state index < -0.39 is 0 Å². The fourth-order valence-electron chi connectivity index (χ4n) is 3.62. The van der Waals surface area contributed by atoms with Crippen LogP contribution in [0.3, 0.4) is 0 Å². The van der Waals surface area contributed by atoms with Crippen LogP contribution in [0.5, 0.6) is 0 Å². The third-order valence-electron chi connectivity index (χ3n) is 5.01. The molecule has 27 heavy (non-hydrogen) atoms. The van der Waals surface area contributed by atoms with Crippen LogP contribution in [0.15, 0.2) is 30.7 Å². The molecule has 1 N–H and O–H groups in total. The molecule has 6 nitrogen and oxygen atoms in total. The fraction of sp³-hybridized carbons (Fsp3) is 0.450. The van der Waals surface area contributed by atoms with E-state index in [0.717, 1.165) is 54.5 Å². The van der Waals surface area contributed by atoms with Gasteiger partial charge in [-0.2, -0.15) is 5.10 Å². The Bertz CT molecular complexity index is 959. The predicted octanol–water partition coefficient (Wildman–Crippen LogP) is 3.70. The van der Waals surface area contributed by atoms with Gasteiger partial charge in [-0.15, -0.1) is 0 Å². The summed E-state index contributed by atoms with van der Waals surface area (Å²) >= 11 is 6.31. The van der Waals surface area contributed by atoms with E-state index in [2.05, 4.69) is 52.1 Å². The molecule has 4 rings (SSSR count). The quantitative estimate of drug-likeness (QED) is 0.743. The molecular formula is C20H25ClN6. The first-order valence-corrected chi connectivity index (χ1v) is 9.73. The highest BCUT2D eigenvalue weighted by Crippen LogP contribution is 2.26. The summed E-state index contributed by atoms with van der Waals surface area (Å²) in [7, 11) is 0. The molecule has 0 radical (unpaired) electrons. The molecule has 3 heterocycles. The van der Waals surface area contributed by atoms with Crippen molar-refractivity contribution in [3.63, 3.8) is 0 Å². The summed E-state index contributed by atoms with van der Waals surface area (Å²) in [4.78, 5) is 11.3. The molecule has 0 saturated heterocycles. The Labute approximate surface area is 164 Å². The monoisotopic (exact) mass is 384 g/mol.